The number of hydrogen-bond donors (Lipinski definition) is 1. The molecular weight excluding hydrogens is 238 g/mol. The largest absolute Gasteiger partial charge is 0.423 e. The molecule has 0 aliphatic carbocycles. The van der Waals surface area contributed by atoms with Crippen molar-refractivity contribution < 1.29 is 4.42 Å². The summed E-state index contributed by atoms with van der Waals surface area (Å²) in [5, 5.41) is 11.2. The van der Waals surface area contributed by atoms with E-state index in [0.29, 0.717) is 17.9 Å². The SMILES string of the molecule is CCC(C)C(C)Nc1ccc(-c2nnco2)cc1C. The summed E-state index contributed by atoms with van der Waals surface area (Å²) in [6.07, 6.45) is 2.52. The van der Waals surface area contributed by atoms with Gasteiger partial charge in [0.05, 0.1) is 0 Å². The third-order valence-electron chi connectivity index (χ3n) is 3.71. The van der Waals surface area contributed by atoms with Gasteiger partial charge in [-0.2, -0.15) is 0 Å². The Morgan fingerprint density at radius 2 is 2.11 bits per heavy atom. The van der Waals surface area contributed by atoms with Crippen LogP contribution in [0.1, 0.15) is 32.8 Å². The van der Waals surface area contributed by atoms with Crippen molar-refractivity contribution in [2.45, 2.75) is 40.2 Å². The van der Waals surface area contributed by atoms with E-state index in [2.05, 4.69) is 55.3 Å². The van der Waals surface area contributed by atoms with Crippen molar-refractivity contribution in [3.63, 3.8) is 0 Å². The fourth-order valence-corrected chi connectivity index (χ4v) is 2.00. The number of benzene rings is 1. The molecule has 102 valence electrons. The molecule has 1 N–H and O–H groups in total. The maximum Gasteiger partial charge on any atom is 0.247 e. The van der Waals surface area contributed by atoms with Gasteiger partial charge in [-0.15, -0.1) is 10.2 Å². The summed E-state index contributed by atoms with van der Waals surface area (Å²) in [5.41, 5.74) is 3.30. The maximum absolute atomic E-state index is 5.21. The summed E-state index contributed by atoms with van der Waals surface area (Å²) < 4.78 is 5.21. The standard InChI is InChI=1S/C15H21N3O/c1-5-10(2)12(4)17-14-7-6-13(8-11(14)3)15-18-16-9-19-15/h6-10,12,17H,5H2,1-4H3. The summed E-state index contributed by atoms with van der Waals surface area (Å²) in [4.78, 5) is 0. The first-order valence-electron chi connectivity index (χ1n) is 6.75. The fourth-order valence-electron chi connectivity index (χ4n) is 2.00. The molecule has 0 aliphatic heterocycles. The Labute approximate surface area is 114 Å². The van der Waals surface area contributed by atoms with Crippen LogP contribution in [0.15, 0.2) is 29.0 Å². The van der Waals surface area contributed by atoms with Crippen LogP contribution in [-0.2, 0) is 0 Å². The molecule has 0 amide bonds. The van der Waals surface area contributed by atoms with Crippen LogP contribution in [-0.4, -0.2) is 16.2 Å². The summed E-state index contributed by atoms with van der Waals surface area (Å²) in [6.45, 7) is 8.79. The Balaban J connectivity index is 2.16. The minimum atomic E-state index is 0.456. The van der Waals surface area contributed by atoms with Crippen molar-refractivity contribution in [1.82, 2.24) is 10.2 Å². The Kier molecular flexibility index (Phi) is 4.20. The molecular formula is C15H21N3O. The Bertz CT molecular complexity index is 522. The van der Waals surface area contributed by atoms with Crippen LogP contribution in [0, 0.1) is 12.8 Å². The fraction of sp³-hybridized carbons (Fsp3) is 0.467. The van der Waals surface area contributed by atoms with Gasteiger partial charge in [0, 0.05) is 17.3 Å². The minimum Gasteiger partial charge on any atom is -0.423 e. The minimum absolute atomic E-state index is 0.456. The van der Waals surface area contributed by atoms with Gasteiger partial charge in [0.1, 0.15) is 0 Å². The number of aromatic nitrogens is 2. The van der Waals surface area contributed by atoms with E-state index in [1.807, 2.05) is 6.07 Å². The van der Waals surface area contributed by atoms with Gasteiger partial charge in [-0.25, -0.2) is 0 Å². The van der Waals surface area contributed by atoms with Gasteiger partial charge in [0.2, 0.25) is 12.3 Å². The molecule has 4 heteroatoms. The number of rotatable bonds is 5. The number of hydrogen-bond acceptors (Lipinski definition) is 4. The van der Waals surface area contributed by atoms with E-state index in [1.165, 1.54) is 18.4 Å². The van der Waals surface area contributed by atoms with Gasteiger partial charge < -0.3 is 9.73 Å². The average molecular weight is 259 g/mol. The molecule has 2 unspecified atom stereocenters. The number of anilines is 1. The van der Waals surface area contributed by atoms with Crippen LogP contribution in [0.5, 0.6) is 0 Å². The third-order valence-corrected chi connectivity index (χ3v) is 3.71. The van der Waals surface area contributed by atoms with E-state index >= 15 is 0 Å². The molecule has 2 rings (SSSR count). The molecule has 0 fully saturated rings. The second kappa shape index (κ2) is 5.87. The molecule has 4 nitrogen and oxygen atoms in total. The lowest BCUT2D eigenvalue weighted by Gasteiger charge is -2.22. The first-order chi connectivity index (χ1) is 9.11. The van der Waals surface area contributed by atoms with Gasteiger partial charge in [-0.3, -0.25) is 0 Å². The zero-order chi connectivity index (χ0) is 13.8. The van der Waals surface area contributed by atoms with Crippen LogP contribution >= 0.6 is 0 Å². The van der Waals surface area contributed by atoms with Crippen molar-refractivity contribution in [2.75, 3.05) is 5.32 Å². The van der Waals surface area contributed by atoms with Crippen LogP contribution in [0.25, 0.3) is 11.5 Å². The highest BCUT2D eigenvalue weighted by molar-refractivity contribution is 5.62. The maximum atomic E-state index is 5.21. The lowest BCUT2D eigenvalue weighted by Crippen LogP contribution is -2.23. The lowest BCUT2D eigenvalue weighted by molar-refractivity contribution is 0.494. The zero-order valence-electron chi connectivity index (χ0n) is 12.0. The van der Waals surface area contributed by atoms with Gasteiger partial charge in [-0.1, -0.05) is 20.3 Å². The van der Waals surface area contributed by atoms with Gasteiger partial charge in [-0.05, 0) is 43.5 Å². The zero-order valence-corrected chi connectivity index (χ0v) is 12.0. The van der Waals surface area contributed by atoms with Gasteiger partial charge >= 0.3 is 0 Å². The topological polar surface area (TPSA) is 51.0 Å². The van der Waals surface area contributed by atoms with E-state index in [1.54, 1.807) is 0 Å². The van der Waals surface area contributed by atoms with E-state index in [4.69, 9.17) is 4.42 Å². The van der Waals surface area contributed by atoms with Crippen LogP contribution in [0.4, 0.5) is 5.69 Å². The second-order valence-corrected chi connectivity index (χ2v) is 5.09. The molecule has 0 radical (unpaired) electrons. The summed E-state index contributed by atoms with van der Waals surface area (Å²) in [7, 11) is 0. The number of nitrogens with zero attached hydrogens (tertiary/aromatic N) is 2. The average Bonchev–Trinajstić information content (AvgIpc) is 2.94. The smallest absolute Gasteiger partial charge is 0.247 e. The number of nitrogens with one attached hydrogen (secondary N) is 1. The van der Waals surface area contributed by atoms with Crippen molar-refractivity contribution in [1.29, 1.82) is 0 Å². The molecule has 0 aliphatic rings. The highest BCUT2D eigenvalue weighted by Crippen LogP contribution is 2.24. The molecule has 0 saturated heterocycles. The molecule has 2 aromatic rings. The molecule has 1 aromatic carbocycles. The lowest BCUT2D eigenvalue weighted by atomic mass is 10.00. The summed E-state index contributed by atoms with van der Waals surface area (Å²) in [5.74, 6) is 1.21. The Morgan fingerprint density at radius 3 is 2.68 bits per heavy atom. The Hall–Kier alpha value is -1.84. The normalized spacial score (nSPS) is 14.1. The van der Waals surface area contributed by atoms with Crippen molar-refractivity contribution >= 4 is 5.69 Å². The first kappa shape index (κ1) is 13.6. The van der Waals surface area contributed by atoms with Crippen molar-refractivity contribution in [3.05, 3.63) is 30.2 Å². The molecule has 1 aromatic heterocycles. The van der Waals surface area contributed by atoms with Crippen molar-refractivity contribution in [2.24, 2.45) is 5.92 Å². The second-order valence-electron chi connectivity index (χ2n) is 5.09. The Morgan fingerprint density at radius 1 is 1.32 bits per heavy atom. The molecule has 0 saturated carbocycles. The first-order valence-corrected chi connectivity index (χ1v) is 6.75. The highest BCUT2D eigenvalue weighted by Gasteiger charge is 2.12. The third kappa shape index (κ3) is 3.13. The quantitative estimate of drug-likeness (QED) is 0.885. The van der Waals surface area contributed by atoms with Crippen LogP contribution in [0.2, 0.25) is 0 Å². The van der Waals surface area contributed by atoms with Gasteiger partial charge in [0.25, 0.3) is 0 Å². The van der Waals surface area contributed by atoms with E-state index in [9.17, 15) is 0 Å². The predicted octanol–water partition coefficient (Wildman–Crippen LogP) is 3.89. The van der Waals surface area contributed by atoms with Crippen LogP contribution < -0.4 is 5.32 Å². The summed E-state index contributed by atoms with van der Waals surface area (Å²) >= 11 is 0. The molecule has 19 heavy (non-hydrogen) atoms. The van der Waals surface area contributed by atoms with E-state index in [0.717, 1.165) is 11.3 Å². The van der Waals surface area contributed by atoms with E-state index in [-0.39, 0.29) is 0 Å². The predicted molar refractivity (Wildman–Crippen MR) is 77.0 cm³/mol. The molecule has 0 bridgehead atoms. The molecule has 0 spiro atoms. The monoisotopic (exact) mass is 259 g/mol. The van der Waals surface area contributed by atoms with Gasteiger partial charge in [0.15, 0.2) is 0 Å². The van der Waals surface area contributed by atoms with Crippen LogP contribution in [0.3, 0.4) is 0 Å². The molecule has 2 atom stereocenters. The highest BCUT2D eigenvalue weighted by atomic mass is 16.4. The summed E-state index contributed by atoms with van der Waals surface area (Å²) in [6, 6.07) is 6.61. The van der Waals surface area contributed by atoms with Crippen molar-refractivity contribution in [3.8, 4) is 11.5 Å². The molecule has 1 heterocycles. The van der Waals surface area contributed by atoms with E-state index < -0.39 is 0 Å². The number of aryl methyl sites for hydroxylation is 1.